The minimum Gasteiger partial charge on any atom is -0.392 e. The van der Waals surface area contributed by atoms with E-state index in [-0.39, 0.29) is 23.2 Å². The van der Waals surface area contributed by atoms with Gasteiger partial charge in [0.25, 0.3) is 0 Å². The number of aliphatic hydroxyl groups is 1. The number of nitrogens with two attached hydrogens (primary N) is 1. The van der Waals surface area contributed by atoms with E-state index in [1.807, 2.05) is 0 Å². The molecule has 0 amide bonds. The minimum atomic E-state index is -0.376. The quantitative estimate of drug-likeness (QED) is 0.725. The van der Waals surface area contributed by atoms with Crippen molar-refractivity contribution in [2.75, 3.05) is 0 Å². The summed E-state index contributed by atoms with van der Waals surface area (Å²) in [5.74, 6) is 2.37. The minimum absolute atomic E-state index is 0.108. The van der Waals surface area contributed by atoms with Gasteiger partial charge in [0.1, 0.15) is 5.78 Å². The van der Waals surface area contributed by atoms with Gasteiger partial charge in [0, 0.05) is 17.4 Å². The lowest BCUT2D eigenvalue weighted by atomic mass is 9.43. The molecule has 0 aromatic heterocycles. The van der Waals surface area contributed by atoms with Gasteiger partial charge in [-0.2, -0.15) is 0 Å². The molecule has 0 saturated heterocycles. The Labute approximate surface area is 146 Å². The molecule has 3 fully saturated rings. The molecule has 0 aromatic carbocycles. The van der Waals surface area contributed by atoms with Crippen LogP contribution in [0.15, 0.2) is 12.2 Å². The van der Waals surface area contributed by atoms with Crippen molar-refractivity contribution in [1.29, 1.82) is 0 Å². The molecule has 3 nitrogen and oxygen atoms in total. The first kappa shape index (κ1) is 16.8. The van der Waals surface area contributed by atoms with Crippen LogP contribution in [-0.2, 0) is 4.79 Å². The topological polar surface area (TPSA) is 63.3 Å². The predicted molar refractivity (Wildman–Crippen MR) is 95.2 cm³/mol. The van der Waals surface area contributed by atoms with Crippen LogP contribution in [0.3, 0.4) is 0 Å². The van der Waals surface area contributed by atoms with Gasteiger partial charge in [-0.05, 0) is 74.5 Å². The summed E-state index contributed by atoms with van der Waals surface area (Å²) in [5.41, 5.74) is 6.29. The molecular weight excluding hydrogens is 298 g/mol. The van der Waals surface area contributed by atoms with Gasteiger partial charge >= 0.3 is 0 Å². The molecule has 3 N–H and O–H groups in total. The molecule has 3 saturated carbocycles. The fourth-order valence-corrected chi connectivity index (χ4v) is 7.30. The van der Waals surface area contributed by atoms with Gasteiger partial charge in [-0.1, -0.05) is 26.0 Å². The van der Waals surface area contributed by atoms with Crippen molar-refractivity contribution < 1.29 is 9.90 Å². The monoisotopic (exact) mass is 331 g/mol. The average Bonchev–Trinajstić information content (AvgIpc) is 2.88. The second-order valence-corrected chi connectivity index (χ2v) is 9.70. The highest BCUT2D eigenvalue weighted by Gasteiger charge is 2.62. The zero-order chi connectivity index (χ0) is 17.3. The van der Waals surface area contributed by atoms with Gasteiger partial charge in [0.05, 0.1) is 6.10 Å². The summed E-state index contributed by atoms with van der Waals surface area (Å²) in [6.07, 6.45) is 10.9. The van der Waals surface area contributed by atoms with Crippen molar-refractivity contribution in [2.45, 2.75) is 71.4 Å². The molecule has 3 heteroatoms. The number of aliphatic hydroxyl groups excluding tert-OH is 1. The van der Waals surface area contributed by atoms with Crippen LogP contribution >= 0.6 is 0 Å². The molecule has 0 radical (unpaired) electrons. The van der Waals surface area contributed by atoms with E-state index in [9.17, 15) is 9.90 Å². The zero-order valence-electron chi connectivity index (χ0n) is 15.4. The molecule has 0 aliphatic heterocycles. The summed E-state index contributed by atoms with van der Waals surface area (Å²) < 4.78 is 0. The van der Waals surface area contributed by atoms with Crippen LogP contribution in [0.1, 0.15) is 59.3 Å². The summed E-state index contributed by atoms with van der Waals surface area (Å²) in [6.45, 7) is 6.31. The van der Waals surface area contributed by atoms with E-state index in [1.54, 1.807) is 6.92 Å². The van der Waals surface area contributed by atoms with Gasteiger partial charge in [-0.15, -0.1) is 0 Å². The molecule has 0 bridgehead atoms. The highest BCUT2D eigenvalue weighted by molar-refractivity contribution is 5.82. The molecule has 4 aliphatic carbocycles. The maximum absolute atomic E-state index is 12.2. The maximum atomic E-state index is 12.2. The molecule has 0 heterocycles. The van der Waals surface area contributed by atoms with E-state index in [4.69, 9.17) is 5.73 Å². The van der Waals surface area contributed by atoms with Crippen LogP contribution in [0.25, 0.3) is 0 Å². The van der Waals surface area contributed by atoms with E-state index in [0.29, 0.717) is 35.1 Å². The van der Waals surface area contributed by atoms with Crippen LogP contribution in [0.4, 0.5) is 0 Å². The smallest absolute Gasteiger partial charge is 0.137 e. The van der Waals surface area contributed by atoms with Gasteiger partial charge in [0.2, 0.25) is 0 Å². The molecule has 0 spiro atoms. The molecular formula is C21H33NO2. The number of carbonyl (C=O) groups excluding carboxylic acids is 1. The second-order valence-electron chi connectivity index (χ2n) is 9.70. The molecule has 4 aliphatic rings. The first-order valence-electron chi connectivity index (χ1n) is 9.91. The number of rotatable bonds is 1. The third-order valence-electron chi connectivity index (χ3n) is 8.78. The first-order chi connectivity index (χ1) is 11.3. The van der Waals surface area contributed by atoms with Gasteiger partial charge in [-0.3, -0.25) is 4.79 Å². The summed E-state index contributed by atoms with van der Waals surface area (Å²) in [5, 5.41) is 11.1. The van der Waals surface area contributed by atoms with Crippen molar-refractivity contribution >= 4 is 5.78 Å². The summed E-state index contributed by atoms with van der Waals surface area (Å²) >= 11 is 0. The van der Waals surface area contributed by atoms with E-state index >= 15 is 0 Å². The Balaban J connectivity index is 1.68. The van der Waals surface area contributed by atoms with Crippen molar-refractivity contribution in [3.05, 3.63) is 12.2 Å². The molecule has 134 valence electrons. The van der Waals surface area contributed by atoms with Crippen LogP contribution in [0.2, 0.25) is 0 Å². The Bertz CT molecular complexity index is 572. The molecule has 0 aromatic rings. The largest absolute Gasteiger partial charge is 0.392 e. The lowest BCUT2D eigenvalue weighted by Crippen LogP contribution is -2.59. The van der Waals surface area contributed by atoms with Crippen LogP contribution in [0.5, 0.6) is 0 Å². The number of Topliss-reactive ketones (excluding diaryl/α,β-unsaturated/α-hetero) is 1. The van der Waals surface area contributed by atoms with E-state index < -0.39 is 0 Å². The third kappa shape index (κ3) is 2.07. The van der Waals surface area contributed by atoms with Crippen LogP contribution in [0, 0.1) is 40.4 Å². The van der Waals surface area contributed by atoms with Crippen molar-refractivity contribution in [3.63, 3.8) is 0 Å². The Morgan fingerprint density at radius 2 is 1.92 bits per heavy atom. The lowest BCUT2D eigenvalue weighted by molar-refractivity contribution is -0.163. The number of fused-ring (bicyclic) bond motifs is 5. The summed E-state index contributed by atoms with van der Waals surface area (Å²) in [6, 6.07) is 0.367. The third-order valence-corrected chi connectivity index (χ3v) is 8.78. The van der Waals surface area contributed by atoms with E-state index in [0.717, 1.165) is 19.3 Å². The predicted octanol–water partition coefficient (Wildman–Crippen LogP) is 3.31. The zero-order valence-corrected chi connectivity index (χ0v) is 15.4. The van der Waals surface area contributed by atoms with Crippen molar-refractivity contribution in [1.82, 2.24) is 0 Å². The number of allylic oxidation sites excluding steroid dienone is 2. The van der Waals surface area contributed by atoms with Crippen LogP contribution in [-0.4, -0.2) is 23.0 Å². The fraction of sp³-hybridized carbons (Fsp3) is 0.857. The Kier molecular flexibility index (Phi) is 3.78. The normalized spacial score (nSPS) is 56.3. The SMILES string of the molecule is CC(=O)[C@H]1C=C[C@H]2[C@@H]3CC[C@H]4C[C@@H](N)CC[C@]4(C)[C@@H]3C[C@@H](O)[C@]12C. The van der Waals surface area contributed by atoms with Gasteiger partial charge in [-0.25, -0.2) is 0 Å². The standard InChI is InChI=1S/C21H33NO2/c1-12(23)16-6-7-17-15-5-4-13-10-14(22)8-9-20(13,2)18(15)11-19(24)21(16,17)3/h6-7,13-19,24H,4-5,8-11,22H2,1-3H3/t13-,14-,15-,16+,17-,18+,19+,20-,21+/m0/s1. The number of hydrogen-bond donors (Lipinski definition) is 2. The number of hydrogen-bond acceptors (Lipinski definition) is 3. The highest BCUT2D eigenvalue weighted by Crippen LogP contribution is 2.65. The van der Waals surface area contributed by atoms with E-state index in [2.05, 4.69) is 26.0 Å². The molecule has 0 unspecified atom stereocenters. The molecule has 24 heavy (non-hydrogen) atoms. The Hall–Kier alpha value is -0.670. The van der Waals surface area contributed by atoms with E-state index in [1.165, 1.54) is 19.3 Å². The Morgan fingerprint density at radius 3 is 2.62 bits per heavy atom. The number of carbonyl (C=O) groups is 1. The van der Waals surface area contributed by atoms with Crippen LogP contribution < -0.4 is 5.73 Å². The van der Waals surface area contributed by atoms with Crippen molar-refractivity contribution in [3.8, 4) is 0 Å². The molecule has 4 rings (SSSR count). The number of ketones is 1. The van der Waals surface area contributed by atoms with Crippen molar-refractivity contribution in [2.24, 2.45) is 46.2 Å². The first-order valence-corrected chi connectivity index (χ1v) is 9.91. The summed E-state index contributed by atoms with van der Waals surface area (Å²) in [4.78, 5) is 12.2. The lowest BCUT2D eigenvalue weighted by Gasteiger charge is -2.62. The second kappa shape index (κ2) is 5.41. The summed E-state index contributed by atoms with van der Waals surface area (Å²) in [7, 11) is 0. The Morgan fingerprint density at radius 1 is 1.17 bits per heavy atom. The maximum Gasteiger partial charge on any atom is 0.137 e. The van der Waals surface area contributed by atoms with Gasteiger partial charge in [0.15, 0.2) is 0 Å². The average molecular weight is 332 g/mol. The molecule has 9 atom stereocenters. The van der Waals surface area contributed by atoms with Gasteiger partial charge < -0.3 is 10.8 Å². The fourth-order valence-electron chi connectivity index (χ4n) is 7.30. The highest BCUT2D eigenvalue weighted by atomic mass is 16.3.